The number of nitrogens with zero attached hydrogens (tertiary/aromatic N) is 1. The normalized spacial score (nSPS) is 28.7. The van der Waals surface area contributed by atoms with E-state index >= 15 is 0 Å². The quantitative estimate of drug-likeness (QED) is 0.743. The lowest BCUT2D eigenvalue weighted by molar-refractivity contribution is -0.234. The predicted molar refractivity (Wildman–Crippen MR) is 68.8 cm³/mol. The van der Waals surface area contributed by atoms with Crippen molar-refractivity contribution in [3.05, 3.63) is 0 Å². The maximum absolute atomic E-state index is 13.6. The average molecular weight is 329 g/mol. The highest BCUT2D eigenvalue weighted by Gasteiger charge is 2.61. The summed E-state index contributed by atoms with van der Waals surface area (Å²) in [4.78, 5) is 13.3. The fourth-order valence-electron chi connectivity index (χ4n) is 3.30. The zero-order chi connectivity index (χ0) is 16.6. The Bertz CT molecular complexity index is 416. The third-order valence-electron chi connectivity index (χ3n) is 4.70. The van der Waals surface area contributed by atoms with E-state index in [0.29, 0.717) is 6.42 Å². The number of hydrogen-bond acceptors (Lipinski definition) is 3. The second kappa shape index (κ2) is 6.03. The van der Waals surface area contributed by atoms with E-state index in [2.05, 4.69) is 0 Å². The van der Waals surface area contributed by atoms with Crippen molar-refractivity contribution in [2.45, 2.75) is 50.7 Å². The van der Waals surface area contributed by atoms with Crippen molar-refractivity contribution in [2.75, 3.05) is 26.3 Å². The standard InChI is InChI=1S/C14H20F5NO2/c1-2-3-11(21)12(14(17,18)19)4-6-20(7-5-12)10-8-22-9-13(10,15)16/h10H,2-9H2,1H3. The highest BCUT2D eigenvalue weighted by molar-refractivity contribution is 5.85. The third kappa shape index (κ3) is 2.99. The number of halogens is 5. The summed E-state index contributed by atoms with van der Waals surface area (Å²) in [6.45, 7) is 0.424. The lowest BCUT2D eigenvalue weighted by Crippen LogP contribution is -2.57. The molecule has 3 nitrogen and oxygen atoms in total. The maximum Gasteiger partial charge on any atom is 0.401 e. The number of carbonyl (C=O) groups excluding carboxylic acids is 1. The molecule has 2 fully saturated rings. The molecule has 0 radical (unpaired) electrons. The summed E-state index contributed by atoms with van der Waals surface area (Å²) in [7, 11) is 0. The molecule has 1 unspecified atom stereocenters. The molecule has 0 aromatic carbocycles. The van der Waals surface area contributed by atoms with Gasteiger partial charge >= 0.3 is 6.18 Å². The molecule has 0 bridgehead atoms. The number of likely N-dealkylation sites (tertiary alicyclic amines) is 1. The van der Waals surface area contributed by atoms with Crippen LogP contribution in [-0.4, -0.2) is 55.1 Å². The van der Waals surface area contributed by atoms with Crippen molar-refractivity contribution in [1.29, 1.82) is 0 Å². The second-order valence-electron chi connectivity index (χ2n) is 6.08. The number of Topliss-reactive ketones (excluding diaryl/α,β-unsaturated/α-hetero) is 1. The van der Waals surface area contributed by atoms with Crippen LogP contribution < -0.4 is 0 Å². The van der Waals surface area contributed by atoms with Gasteiger partial charge in [0.05, 0.1) is 12.6 Å². The van der Waals surface area contributed by atoms with E-state index in [0.717, 1.165) is 0 Å². The Balaban J connectivity index is 2.11. The fourth-order valence-corrected chi connectivity index (χ4v) is 3.30. The molecule has 22 heavy (non-hydrogen) atoms. The molecular weight excluding hydrogens is 309 g/mol. The molecular formula is C14H20F5NO2. The molecule has 2 aliphatic heterocycles. The van der Waals surface area contributed by atoms with Crippen LogP contribution in [0, 0.1) is 5.41 Å². The van der Waals surface area contributed by atoms with Gasteiger partial charge in [-0.3, -0.25) is 9.69 Å². The van der Waals surface area contributed by atoms with Gasteiger partial charge in [0.2, 0.25) is 0 Å². The summed E-state index contributed by atoms with van der Waals surface area (Å²) in [6, 6.07) is -1.19. The molecule has 0 amide bonds. The first-order valence-electron chi connectivity index (χ1n) is 7.44. The first-order chi connectivity index (χ1) is 10.1. The number of rotatable bonds is 4. The number of ketones is 1. The number of alkyl halides is 5. The minimum atomic E-state index is -4.64. The molecule has 2 aliphatic rings. The van der Waals surface area contributed by atoms with Crippen molar-refractivity contribution in [2.24, 2.45) is 5.41 Å². The highest BCUT2D eigenvalue weighted by Crippen LogP contribution is 2.48. The van der Waals surface area contributed by atoms with E-state index in [-0.39, 0.29) is 26.1 Å². The SMILES string of the molecule is CCCC(=O)C1(C(F)(F)F)CCN(C2COCC2(F)F)CC1. The summed E-state index contributed by atoms with van der Waals surface area (Å²) in [5.41, 5.74) is -2.38. The van der Waals surface area contributed by atoms with Gasteiger partial charge in [-0.1, -0.05) is 6.92 Å². The molecule has 0 aliphatic carbocycles. The summed E-state index contributed by atoms with van der Waals surface area (Å²) >= 11 is 0. The van der Waals surface area contributed by atoms with Crippen molar-refractivity contribution < 1.29 is 31.5 Å². The van der Waals surface area contributed by atoms with Gasteiger partial charge in [-0.2, -0.15) is 13.2 Å². The van der Waals surface area contributed by atoms with Crippen molar-refractivity contribution in [3.63, 3.8) is 0 Å². The largest absolute Gasteiger partial charge is 0.401 e. The minimum Gasteiger partial charge on any atom is -0.373 e. The molecule has 0 aromatic heterocycles. The molecule has 0 N–H and O–H groups in total. The Morgan fingerprint density at radius 3 is 2.27 bits per heavy atom. The zero-order valence-electron chi connectivity index (χ0n) is 12.4. The second-order valence-corrected chi connectivity index (χ2v) is 6.08. The van der Waals surface area contributed by atoms with E-state index in [1.807, 2.05) is 0 Å². The summed E-state index contributed by atoms with van der Waals surface area (Å²) < 4.78 is 72.3. The van der Waals surface area contributed by atoms with Crippen molar-refractivity contribution >= 4 is 5.78 Å². The van der Waals surface area contributed by atoms with E-state index in [4.69, 9.17) is 4.74 Å². The number of ether oxygens (including phenoxy) is 1. The number of hydrogen-bond donors (Lipinski definition) is 0. The van der Waals surface area contributed by atoms with Crippen LogP contribution in [-0.2, 0) is 9.53 Å². The third-order valence-corrected chi connectivity index (χ3v) is 4.70. The molecule has 8 heteroatoms. The van der Waals surface area contributed by atoms with Crippen molar-refractivity contribution in [3.8, 4) is 0 Å². The Labute approximate surface area is 125 Å². The lowest BCUT2D eigenvalue weighted by atomic mass is 9.72. The maximum atomic E-state index is 13.6. The van der Waals surface area contributed by atoms with Gasteiger partial charge in [0.15, 0.2) is 0 Å². The minimum absolute atomic E-state index is 0.137. The fraction of sp³-hybridized carbons (Fsp3) is 0.929. The summed E-state index contributed by atoms with van der Waals surface area (Å²) in [6.07, 6.45) is -5.35. The molecule has 2 saturated heterocycles. The highest BCUT2D eigenvalue weighted by atomic mass is 19.4. The van der Waals surface area contributed by atoms with Gasteiger partial charge in [-0.25, -0.2) is 8.78 Å². The van der Waals surface area contributed by atoms with Crippen LogP contribution in [0.2, 0.25) is 0 Å². The number of carbonyl (C=O) groups is 1. The Hall–Kier alpha value is -0.760. The molecule has 0 spiro atoms. The van der Waals surface area contributed by atoms with Gasteiger partial charge in [0.1, 0.15) is 17.8 Å². The first-order valence-corrected chi connectivity index (χ1v) is 7.44. The summed E-state index contributed by atoms with van der Waals surface area (Å²) in [5.74, 6) is -3.87. The Morgan fingerprint density at radius 1 is 1.27 bits per heavy atom. The molecule has 1 atom stereocenters. The summed E-state index contributed by atoms with van der Waals surface area (Å²) in [5, 5.41) is 0. The van der Waals surface area contributed by atoms with Crippen LogP contribution in [0.3, 0.4) is 0 Å². The van der Waals surface area contributed by atoms with E-state index < -0.39 is 48.8 Å². The topological polar surface area (TPSA) is 29.5 Å². The molecule has 2 heterocycles. The monoisotopic (exact) mass is 329 g/mol. The predicted octanol–water partition coefficient (Wildman–Crippen LogP) is 3.03. The van der Waals surface area contributed by atoms with Gasteiger partial charge < -0.3 is 4.74 Å². The van der Waals surface area contributed by atoms with Gasteiger partial charge in [0, 0.05) is 19.5 Å². The Morgan fingerprint density at radius 2 is 1.86 bits per heavy atom. The van der Waals surface area contributed by atoms with Crippen LogP contribution in [0.1, 0.15) is 32.6 Å². The van der Waals surface area contributed by atoms with Crippen LogP contribution in [0.5, 0.6) is 0 Å². The van der Waals surface area contributed by atoms with Gasteiger partial charge in [0.25, 0.3) is 5.92 Å². The van der Waals surface area contributed by atoms with Crippen LogP contribution in [0.25, 0.3) is 0 Å². The van der Waals surface area contributed by atoms with Crippen LogP contribution in [0.15, 0.2) is 0 Å². The van der Waals surface area contributed by atoms with E-state index in [1.54, 1.807) is 6.92 Å². The Kier molecular flexibility index (Phi) is 4.82. The van der Waals surface area contributed by atoms with E-state index in [1.165, 1.54) is 4.90 Å². The zero-order valence-corrected chi connectivity index (χ0v) is 12.4. The first kappa shape index (κ1) is 17.6. The molecule has 0 aromatic rings. The smallest absolute Gasteiger partial charge is 0.373 e. The molecule has 128 valence electrons. The average Bonchev–Trinajstić information content (AvgIpc) is 2.77. The van der Waals surface area contributed by atoms with Gasteiger partial charge in [-0.15, -0.1) is 0 Å². The lowest BCUT2D eigenvalue weighted by Gasteiger charge is -2.44. The molecule has 0 saturated carbocycles. The number of piperidine rings is 1. The van der Waals surface area contributed by atoms with Crippen LogP contribution >= 0.6 is 0 Å². The van der Waals surface area contributed by atoms with Gasteiger partial charge in [-0.05, 0) is 19.3 Å². The van der Waals surface area contributed by atoms with E-state index in [9.17, 15) is 26.7 Å². The van der Waals surface area contributed by atoms with Crippen molar-refractivity contribution in [1.82, 2.24) is 4.90 Å². The molecule has 2 rings (SSSR count). The van der Waals surface area contributed by atoms with Crippen LogP contribution in [0.4, 0.5) is 22.0 Å².